The molecule has 0 saturated heterocycles. The standard InChI is InChI=1S/C24H31BrN2O3/c1-5-17(3)26-24(29)18(4)27(15-20-7-11-21(25)12-8-20)23(28)16-30-22-13-9-19(6-2)10-14-22/h7-14,17-18H,5-6,15-16H2,1-4H3,(H,26,29). The lowest BCUT2D eigenvalue weighted by Crippen LogP contribution is -2.50. The van der Waals surface area contributed by atoms with Gasteiger partial charge in [0, 0.05) is 17.1 Å². The number of ether oxygens (including phenoxy) is 1. The van der Waals surface area contributed by atoms with Gasteiger partial charge in [-0.05, 0) is 62.1 Å². The molecule has 6 heteroatoms. The molecule has 2 aromatic rings. The molecule has 2 atom stereocenters. The molecule has 2 rings (SSSR count). The molecule has 0 aliphatic heterocycles. The van der Waals surface area contributed by atoms with Gasteiger partial charge >= 0.3 is 0 Å². The van der Waals surface area contributed by atoms with Crippen molar-refractivity contribution >= 4 is 27.7 Å². The highest BCUT2D eigenvalue weighted by Gasteiger charge is 2.27. The zero-order valence-corrected chi connectivity index (χ0v) is 19.7. The van der Waals surface area contributed by atoms with Crippen LogP contribution < -0.4 is 10.1 Å². The summed E-state index contributed by atoms with van der Waals surface area (Å²) in [5.74, 6) is 0.243. The van der Waals surface area contributed by atoms with E-state index in [-0.39, 0.29) is 24.5 Å². The molecule has 2 amide bonds. The average Bonchev–Trinajstić information content (AvgIpc) is 2.76. The quantitative estimate of drug-likeness (QED) is 0.541. The van der Waals surface area contributed by atoms with Crippen molar-refractivity contribution in [3.05, 3.63) is 64.1 Å². The van der Waals surface area contributed by atoms with Crippen LogP contribution in [0.15, 0.2) is 53.0 Å². The summed E-state index contributed by atoms with van der Waals surface area (Å²) in [6.45, 7) is 8.02. The lowest BCUT2D eigenvalue weighted by Gasteiger charge is -2.29. The summed E-state index contributed by atoms with van der Waals surface area (Å²) in [7, 11) is 0. The molecule has 2 aromatic carbocycles. The predicted octanol–water partition coefficient (Wildman–Crippen LogP) is 4.72. The Morgan fingerprint density at radius 2 is 1.60 bits per heavy atom. The maximum absolute atomic E-state index is 13.0. The van der Waals surface area contributed by atoms with E-state index in [1.807, 2.05) is 62.4 Å². The Morgan fingerprint density at radius 1 is 1.00 bits per heavy atom. The highest BCUT2D eigenvalue weighted by atomic mass is 79.9. The van der Waals surface area contributed by atoms with Gasteiger partial charge in [-0.15, -0.1) is 0 Å². The molecule has 0 bridgehead atoms. The van der Waals surface area contributed by atoms with E-state index in [4.69, 9.17) is 4.74 Å². The second kappa shape index (κ2) is 11.7. The van der Waals surface area contributed by atoms with Gasteiger partial charge in [0.2, 0.25) is 5.91 Å². The van der Waals surface area contributed by atoms with Gasteiger partial charge in [0.1, 0.15) is 11.8 Å². The number of nitrogens with one attached hydrogen (secondary N) is 1. The molecule has 2 unspecified atom stereocenters. The number of nitrogens with zero attached hydrogens (tertiary/aromatic N) is 1. The van der Waals surface area contributed by atoms with Gasteiger partial charge in [-0.25, -0.2) is 0 Å². The summed E-state index contributed by atoms with van der Waals surface area (Å²) in [6, 6.07) is 14.9. The number of aryl methyl sites for hydroxylation is 1. The van der Waals surface area contributed by atoms with E-state index in [0.717, 1.165) is 22.9 Å². The van der Waals surface area contributed by atoms with E-state index in [1.165, 1.54) is 5.56 Å². The summed E-state index contributed by atoms with van der Waals surface area (Å²) < 4.78 is 6.67. The van der Waals surface area contributed by atoms with Crippen LogP contribution in [0.4, 0.5) is 0 Å². The minimum Gasteiger partial charge on any atom is -0.484 e. The number of hydrogen-bond acceptors (Lipinski definition) is 3. The van der Waals surface area contributed by atoms with Crippen LogP contribution in [0, 0.1) is 0 Å². The third-order valence-electron chi connectivity index (χ3n) is 5.13. The first-order chi connectivity index (χ1) is 14.3. The lowest BCUT2D eigenvalue weighted by molar-refractivity contribution is -0.142. The predicted molar refractivity (Wildman–Crippen MR) is 123 cm³/mol. The number of amides is 2. The van der Waals surface area contributed by atoms with Gasteiger partial charge in [-0.2, -0.15) is 0 Å². The van der Waals surface area contributed by atoms with E-state index in [1.54, 1.807) is 11.8 Å². The van der Waals surface area contributed by atoms with Crippen molar-refractivity contribution in [2.24, 2.45) is 0 Å². The second-order valence-electron chi connectivity index (χ2n) is 7.43. The molecule has 0 heterocycles. The Bertz CT molecular complexity index is 821. The largest absolute Gasteiger partial charge is 0.484 e. The number of hydrogen-bond donors (Lipinski definition) is 1. The lowest BCUT2D eigenvalue weighted by atomic mass is 10.1. The SMILES string of the molecule is CCc1ccc(OCC(=O)N(Cc2ccc(Br)cc2)C(C)C(=O)NC(C)CC)cc1. The first kappa shape index (κ1) is 23.9. The van der Waals surface area contributed by atoms with Crippen molar-refractivity contribution in [1.82, 2.24) is 10.2 Å². The normalized spacial score (nSPS) is 12.7. The molecular weight excluding hydrogens is 444 g/mol. The summed E-state index contributed by atoms with van der Waals surface area (Å²) in [5.41, 5.74) is 2.16. The first-order valence-electron chi connectivity index (χ1n) is 10.4. The maximum Gasteiger partial charge on any atom is 0.261 e. The van der Waals surface area contributed by atoms with Crippen molar-refractivity contribution in [2.45, 2.75) is 59.2 Å². The number of benzene rings is 2. The maximum atomic E-state index is 13.0. The second-order valence-corrected chi connectivity index (χ2v) is 8.34. The summed E-state index contributed by atoms with van der Waals surface area (Å²) in [4.78, 5) is 27.3. The number of carbonyl (C=O) groups is 2. The fourth-order valence-corrected chi connectivity index (χ4v) is 3.15. The van der Waals surface area contributed by atoms with Crippen LogP contribution in [0.2, 0.25) is 0 Å². The molecule has 0 aliphatic carbocycles. The minimum absolute atomic E-state index is 0.0536. The van der Waals surface area contributed by atoms with Gasteiger partial charge in [0.05, 0.1) is 0 Å². The van der Waals surface area contributed by atoms with Gasteiger partial charge in [-0.1, -0.05) is 54.0 Å². The molecule has 30 heavy (non-hydrogen) atoms. The molecular formula is C24H31BrN2O3. The number of halogens is 1. The van der Waals surface area contributed by atoms with Crippen LogP contribution in [0.1, 0.15) is 45.2 Å². The molecule has 0 aromatic heterocycles. The Labute approximate surface area is 187 Å². The van der Waals surface area contributed by atoms with Crippen LogP contribution in [-0.2, 0) is 22.6 Å². The van der Waals surface area contributed by atoms with Gasteiger partial charge in [0.25, 0.3) is 5.91 Å². The highest BCUT2D eigenvalue weighted by molar-refractivity contribution is 9.10. The molecule has 1 N–H and O–H groups in total. The third kappa shape index (κ3) is 7.17. The van der Waals surface area contributed by atoms with Crippen molar-refractivity contribution in [3.8, 4) is 5.75 Å². The monoisotopic (exact) mass is 474 g/mol. The van der Waals surface area contributed by atoms with Crippen LogP contribution in [0.5, 0.6) is 5.75 Å². The van der Waals surface area contributed by atoms with Crippen LogP contribution in [0.25, 0.3) is 0 Å². The van der Waals surface area contributed by atoms with E-state index in [0.29, 0.717) is 12.3 Å². The number of rotatable bonds is 10. The molecule has 0 spiro atoms. The average molecular weight is 475 g/mol. The molecule has 0 saturated carbocycles. The van der Waals surface area contributed by atoms with Gasteiger partial charge in [-0.3, -0.25) is 9.59 Å². The summed E-state index contributed by atoms with van der Waals surface area (Å²) >= 11 is 3.42. The zero-order valence-electron chi connectivity index (χ0n) is 18.2. The Hall–Kier alpha value is -2.34. The van der Waals surface area contributed by atoms with Gasteiger partial charge < -0.3 is 15.0 Å². The zero-order chi connectivity index (χ0) is 22.1. The van der Waals surface area contributed by atoms with Crippen molar-refractivity contribution in [1.29, 1.82) is 0 Å². The van der Waals surface area contributed by atoms with Crippen LogP contribution in [-0.4, -0.2) is 35.4 Å². The highest BCUT2D eigenvalue weighted by Crippen LogP contribution is 2.16. The molecule has 5 nitrogen and oxygen atoms in total. The van der Waals surface area contributed by atoms with E-state index in [2.05, 4.69) is 28.2 Å². The molecule has 162 valence electrons. The smallest absolute Gasteiger partial charge is 0.261 e. The van der Waals surface area contributed by atoms with Crippen molar-refractivity contribution in [2.75, 3.05) is 6.61 Å². The van der Waals surface area contributed by atoms with Gasteiger partial charge in [0.15, 0.2) is 6.61 Å². The summed E-state index contributed by atoms with van der Waals surface area (Å²) in [6.07, 6.45) is 1.78. The first-order valence-corrected chi connectivity index (χ1v) is 11.2. The fourth-order valence-electron chi connectivity index (χ4n) is 2.88. The Balaban J connectivity index is 2.12. The Kier molecular flexibility index (Phi) is 9.37. The van der Waals surface area contributed by atoms with Crippen molar-refractivity contribution < 1.29 is 14.3 Å². The van der Waals surface area contributed by atoms with E-state index in [9.17, 15) is 9.59 Å². The van der Waals surface area contributed by atoms with E-state index < -0.39 is 6.04 Å². The molecule has 0 radical (unpaired) electrons. The fraction of sp³-hybridized carbons (Fsp3) is 0.417. The molecule has 0 fully saturated rings. The van der Waals surface area contributed by atoms with Crippen molar-refractivity contribution in [3.63, 3.8) is 0 Å². The van der Waals surface area contributed by atoms with E-state index >= 15 is 0 Å². The van der Waals surface area contributed by atoms with Crippen LogP contribution >= 0.6 is 15.9 Å². The summed E-state index contributed by atoms with van der Waals surface area (Å²) in [5, 5.41) is 2.96. The topological polar surface area (TPSA) is 58.6 Å². The Morgan fingerprint density at radius 3 is 2.17 bits per heavy atom. The number of carbonyl (C=O) groups excluding carboxylic acids is 2. The molecule has 0 aliphatic rings. The minimum atomic E-state index is -0.610. The third-order valence-corrected chi connectivity index (χ3v) is 5.66. The van der Waals surface area contributed by atoms with Crippen LogP contribution in [0.3, 0.4) is 0 Å².